The van der Waals surface area contributed by atoms with Gasteiger partial charge in [-0.25, -0.2) is 0 Å². The maximum atomic E-state index is 12.3. The Morgan fingerprint density at radius 2 is 1.74 bits per heavy atom. The summed E-state index contributed by atoms with van der Waals surface area (Å²) >= 11 is 5.91. The molecule has 1 aromatic heterocycles. The molecule has 0 spiro atoms. The number of benzene rings is 1. The van der Waals surface area contributed by atoms with Crippen molar-refractivity contribution in [2.24, 2.45) is 5.92 Å². The third-order valence-corrected chi connectivity index (χ3v) is 5.13. The van der Waals surface area contributed by atoms with Gasteiger partial charge in [0.25, 0.3) is 5.56 Å². The molecule has 4 heterocycles. The molecule has 3 saturated heterocycles. The van der Waals surface area contributed by atoms with Crippen LogP contribution < -0.4 is 5.56 Å². The van der Waals surface area contributed by atoms with Crippen LogP contribution in [-0.4, -0.2) is 34.3 Å². The van der Waals surface area contributed by atoms with Crippen molar-refractivity contribution in [3.05, 3.63) is 45.8 Å². The van der Waals surface area contributed by atoms with Crippen molar-refractivity contribution in [1.29, 1.82) is 0 Å². The Kier molecular flexibility index (Phi) is 5.84. The first kappa shape index (κ1) is 18.4. The number of hydrogen-bond acceptors (Lipinski definition) is 2. The summed E-state index contributed by atoms with van der Waals surface area (Å²) in [6, 6.07) is 7.84. The normalized spacial score (nSPS) is 25.5. The van der Waals surface area contributed by atoms with Gasteiger partial charge in [0, 0.05) is 17.8 Å². The maximum absolute atomic E-state index is 12.3. The quantitative estimate of drug-likeness (QED) is 0.870. The fraction of sp³-hybridized carbons (Fsp3) is 0.438. The number of nitrogens with one attached hydrogen (secondary N) is 1. The molecule has 2 aromatic rings. The van der Waals surface area contributed by atoms with Crippen LogP contribution in [0.2, 0.25) is 5.02 Å². The third kappa shape index (κ3) is 3.45. The van der Waals surface area contributed by atoms with Crippen molar-refractivity contribution in [3.63, 3.8) is 0 Å². The molecule has 7 heteroatoms. The summed E-state index contributed by atoms with van der Waals surface area (Å²) in [5, 5.41) is 3.70. The second kappa shape index (κ2) is 7.31. The number of hydrogen-bond donors (Lipinski definition) is 1. The molecule has 1 atom stereocenters. The van der Waals surface area contributed by atoms with Gasteiger partial charge in [0.05, 0.1) is 11.6 Å². The topological polar surface area (TPSA) is 41.0 Å². The Labute approximate surface area is 152 Å². The number of nitrogens with zero attached hydrogens (tertiary/aromatic N) is 2. The second-order valence-corrected chi connectivity index (χ2v) is 6.54. The van der Waals surface area contributed by atoms with Gasteiger partial charge >= 0.3 is 0 Å². The minimum absolute atomic E-state index is 0. The van der Waals surface area contributed by atoms with E-state index in [4.69, 9.17) is 11.6 Å². The number of piperidine rings is 3. The molecular formula is C16H20Cl3N3O. The molecule has 5 rings (SSSR count). The summed E-state index contributed by atoms with van der Waals surface area (Å²) in [4.78, 5) is 14.7. The fourth-order valence-corrected chi connectivity index (χ4v) is 3.80. The van der Waals surface area contributed by atoms with Crippen molar-refractivity contribution < 1.29 is 0 Å². The van der Waals surface area contributed by atoms with Gasteiger partial charge in [0.1, 0.15) is 0 Å². The van der Waals surface area contributed by atoms with E-state index in [0.717, 1.165) is 17.7 Å². The zero-order valence-electron chi connectivity index (χ0n) is 12.6. The molecule has 3 aliphatic heterocycles. The van der Waals surface area contributed by atoms with Gasteiger partial charge in [-0.05, 0) is 49.5 Å². The van der Waals surface area contributed by atoms with Crippen LogP contribution in [0.5, 0.6) is 0 Å². The van der Waals surface area contributed by atoms with E-state index < -0.39 is 0 Å². The smallest absolute Gasteiger partial charge is 0.271 e. The van der Waals surface area contributed by atoms with Gasteiger partial charge < -0.3 is 4.90 Å². The Bertz CT molecular complexity index is 702. The monoisotopic (exact) mass is 375 g/mol. The maximum Gasteiger partial charge on any atom is 0.271 e. The Balaban J connectivity index is 0.000000960. The lowest BCUT2D eigenvalue weighted by Crippen LogP contribution is -2.48. The Morgan fingerprint density at radius 1 is 1.09 bits per heavy atom. The van der Waals surface area contributed by atoms with Crippen LogP contribution in [-0.2, 0) is 0 Å². The molecule has 4 nitrogen and oxygen atoms in total. The van der Waals surface area contributed by atoms with Crippen molar-refractivity contribution in [2.45, 2.75) is 18.9 Å². The van der Waals surface area contributed by atoms with Gasteiger partial charge in [-0.1, -0.05) is 23.7 Å². The zero-order chi connectivity index (χ0) is 14.4. The van der Waals surface area contributed by atoms with E-state index in [9.17, 15) is 4.79 Å². The van der Waals surface area contributed by atoms with E-state index in [1.54, 1.807) is 0 Å². The highest BCUT2D eigenvalue weighted by Crippen LogP contribution is 2.35. The minimum Gasteiger partial charge on any atom is -0.301 e. The molecule has 126 valence electrons. The standard InChI is InChI=1S/C16H18ClN3O.2ClH/c17-13-3-1-11(2-4-13)14-9-20(18-16(14)21)15-10-19-7-5-12(15)6-8-19;;/h1-4,9,12,15H,5-8,10H2,(H,18,21);2*1H. The lowest BCUT2D eigenvalue weighted by atomic mass is 9.84. The van der Waals surface area contributed by atoms with Crippen molar-refractivity contribution >= 4 is 36.4 Å². The lowest BCUT2D eigenvalue weighted by molar-refractivity contribution is 0.0511. The molecule has 1 aromatic carbocycles. The molecule has 0 radical (unpaired) electrons. The Hall–Kier alpha value is -0.940. The average Bonchev–Trinajstić information content (AvgIpc) is 2.91. The molecule has 3 fully saturated rings. The summed E-state index contributed by atoms with van der Waals surface area (Å²) in [7, 11) is 0. The fourth-order valence-electron chi connectivity index (χ4n) is 3.67. The summed E-state index contributed by atoms with van der Waals surface area (Å²) in [6.07, 6.45) is 4.44. The van der Waals surface area contributed by atoms with Crippen LogP contribution in [0.1, 0.15) is 18.9 Å². The molecule has 0 amide bonds. The first-order chi connectivity index (χ1) is 10.2. The van der Waals surface area contributed by atoms with Crippen LogP contribution in [0, 0.1) is 5.92 Å². The van der Waals surface area contributed by atoms with Crippen LogP contribution in [0.15, 0.2) is 35.3 Å². The minimum atomic E-state index is -0.0197. The van der Waals surface area contributed by atoms with Crippen molar-refractivity contribution in [1.82, 2.24) is 14.7 Å². The summed E-state index contributed by atoms with van der Waals surface area (Å²) < 4.78 is 2.03. The third-order valence-electron chi connectivity index (χ3n) is 4.88. The zero-order valence-corrected chi connectivity index (χ0v) is 15.0. The first-order valence-corrected chi connectivity index (χ1v) is 7.88. The van der Waals surface area contributed by atoms with Crippen molar-refractivity contribution in [2.75, 3.05) is 19.6 Å². The van der Waals surface area contributed by atoms with Crippen LogP contribution in [0.3, 0.4) is 0 Å². The predicted octanol–water partition coefficient (Wildman–Crippen LogP) is 3.61. The van der Waals surface area contributed by atoms with E-state index in [-0.39, 0.29) is 30.4 Å². The molecule has 23 heavy (non-hydrogen) atoms. The summed E-state index contributed by atoms with van der Waals surface area (Å²) in [6.45, 7) is 3.46. The highest BCUT2D eigenvalue weighted by molar-refractivity contribution is 6.30. The van der Waals surface area contributed by atoms with E-state index in [1.165, 1.54) is 25.9 Å². The molecule has 0 aliphatic carbocycles. The number of aromatic nitrogens is 2. The molecule has 0 saturated carbocycles. The van der Waals surface area contributed by atoms with Crippen molar-refractivity contribution in [3.8, 4) is 11.1 Å². The SMILES string of the molecule is Cl.Cl.O=c1[nH]n(C2CN3CCC2CC3)cc1-c1ccc(Cl)cc1. The molecule has 2 bridgehead atoms. The van der Waals surface area contributed by atoms with E-state index >= 15 is 0 Å². The molecule has 1 unspecified atom stereocenters. The molecule has 1 N–H and O–H groups in total. The average molecular weight is 377 g/mol. The second-order valence-electron chi connectivity index (χ2n) is 6.10. The lowest BCUT2D eigenvalue weighted by Gasteiger charge is -2.44. The summed E-state index contributed by atoms with van der Waals surface area (Å²) in [5.74, 6) is 0.691. The van der Waals surface area contributed by atoms with Gasteiger partial charge in [0.2, 0.25) is 0 Å². The molecule has 3 aliphatic rings. The Morgan fingerprint density at radius 3 is 2.30 bits per heavy atom. The van der Waals surface area contributed by atoms with Gasteiger partial charge in [-0.3, -0.25) is 14.6 Å². The first-order valence-electron chi connectivity index (χ1n) is 7.50. The van der Waals surface area contributed by atoms with E-state index in [0.29, 0.717) is 17.0 Å². The van der Waals surface area contributed by atoms with Crippen LogP contribution in [0.4, 0.5) is 0 Å². The number of aromatic amines is 1. The number of fused-ring (bicyclic) bond motifs is 3. The van der Waals surface area contributed by atoms with Gasteiger partial charge in [-0.2, -0.15) is 0 Å². The largest absolute Gasteiger partial charge is 0.301 e. The van der Waals surface area contributed by atoms with Gasteiger partial charge in [0.15, 0.2) is 0 Å². The van der Waals surface area contributed by atoms with Gasteiger partial charge in [-0.15, -0.1) is 24.8 Å². The number of H-pyrrole nitrogens is 1. The van der Waals surface area contributed by atoms with Crippen LogP contribution in [0.25, 0.3) is 11.1 Å². The number of halogens is 3. The molecular weight excluding hydrogens is 357 g/mol. The highest BCUT2D eigenvalue weighted by Gasteiger charge is 2.35. The summed E-state index contributed by atoms with van der Waals surface area (Å²) in [5.41, 5.74) is 1.62. The predicted molar refractivity (Wildman–Crippen MR) is 98.2 cm³/mol. The van der Waals surface area contributed by atoms with E-state index in [1.807, 2.05) is 35.1 Å². The van der Waals surface area contributed by atoms with Crippen LogP contribution >= 0.6 is 36.4 Å². The number of rotatable bonds is 2. The van der Waals surface area contributed by atoms with E-state index in [2.05, 4.69) is 10.00 Å². The highest BCUT2D eigenvalue weighted by atomic mass is 35.5.